The summed E-state index contributed by atoms with van der Waals surface area (Å²) >= 11 is 0. The van der Waals surface area contributed by atoms with Gasteiger partial charge >= 0.3 is 6.61 Å². The normalized spacial score (nSPS) is 14.0. The Balaban J connectivity index is 1.71. The van der Waals surface area contributed by atoms with Crippen molar-refractivity contribution in [3.63, 3.8) is 0 Å². The fourth-order valence-corrected chi connectivity index (χ4v) is 2.99. The highest BCUT2D eigenvalue weighted by Crippen LogP contribution is 2.39. The quantitative estimate of drug-likeness (QED) is 0.449. The fourth-order valence-electron chi connectivity index (χ4n) is 2.99. The lowest BCUT2D eigenvalue weighted by molar-refractivity contribution is -0.0505. The third-order valence-corrected chi connectivity index (χ3v) is 4.41. The van der Waals surface area contributed by atoms with Gasteiger partial charge in [0.05, 0.1) is 12.6 Å². The molecular formula is C21H25F2N3O4. The molecule has 2 aromatic rings. The average Bonchev–Trinajstić information content (AvgIpc) is 3.16. The Morgan fingerprint density at radius 2 is 1.97 bits per heavy atom. The minimum atomic E-state index is -2.97. The van der Waals surface area contributed by atoms with Crippen LogP contribution in [0.4, 0.5) is 8.78 Å². The molecule has 30 heavy (non-hydrogen) atoms. The number of nitrogens with one attached hydrogen (secondary N) is 2. The number of rotatable bonds is 8. The lowest BCUT2D eigenvalue weighted by Crippen LogP contribution is -2.39. The third-order valence-electron chi connectivity index (χ3n) is 4.41. The first-order chi connectivity index (χ1) is 14.5. The summed E-state index contributed by atoms with van der Waals surface area (Å²) in [7, 11) is 0. The van der Waals surface area contributed by atoms with Crippen molar-refractivity contribution in [2.75, 3.05) is 19.9 Å². The summed E-state index contributed by atoms with van der Waals surface area (Å²) in [6, 6.07) is 10.6. The Hall–Kier alpha value is -3.07. The van der Waals surface area contributed by atoms with E-state index in [0.717, 1.165) is 11.1 Å². The molecule has 3 rings (SSSR count). The first kappa shape index (κ1) is 21.6. The summed E-state index contributed by atoms with van der Waals surface area (Å²) in [5.74, 6) is 1.22. The lowest BCUT2D eigenvalue weighted by Gasteiger charge is -2.16. The molecule has 1 heterocycles. The molecular weight excluding hydrogens is 396 g/mol. The average molecular weight is 421 g/mol. The molecule has 162 valence electrons. The van der Waals surface area contributed by atoms with Crippen molar-refractivity contribution in [1.82, 2.24) is 10.6 Å². The summed E-state index contributed by atoms with van der Waals surface area (Å²) in [5.41, 5.74) is 2.28. The van der Waals surface area contributed by atoms with Crippen molar-refractivity contribution >= 4 is 5.96 Å². The maximum absolute atomic E-state index is 12.8. The number of aliphatic imine (C=N–C) groups is 1. The minimum Gasteiger partial charge on any atom is -0.454 e. The second-order valence-corrected chi connectivity index (χ2v) is 6.70. The maximum Gasteiger partial charge on any atom is 0.387 e. The number of aryl methyl sites for hydroxylation is 1. The van der Waals surface area contributed by atoms with Crippen molar-refractivity contribution in [3.05, 3.63) is 53.1 Å². The van der Waals surface area contributed by atoms with Gasteiger partial charge in [0.25, 0.3) is 0 Å². The van der Waals surface area contributed by atoms with Crippen LogP contribution in [-0.4, -0.2) is 37.6 Å². The molecule has 0 saturated heterocycles. The van der Waals surface area contributed by atoms with Crippen LogP contribution in [0.1, 0.15) is 29.7 Å². The number of aliphatic hydroxyl groups excluding tert-OH is 1. The molecule has 1 aliphatic heterocycles. The molecule has 2 aromatic carbocycles. The third kappa shape index (κ3) is 5.73. The highest BCUT2D eigenvalue weighted by molar-refractivity contribution is 5.79. The van der Waals surface area contributed by atoms with E-state index in [1.807, 2.05) is 38.1 Å². The molecule has 7 nitrogen and oxygen atoms in total. The van der Waals surface area contributed by atoms with Crippen LogP contribution in [-0.2, 0) is 6.54 Å². The molecule has 3 N–H and O–H groups in total. The molecule has 0 aromatic heterocycles. The Bertz CT molecular complexity index is 893. The number of nitrogens with zero attached hydrogens (tertiary/aromatic N) is 1. The zero-order valence-corrected chi connectivity index (χ0v) is 16.8. The van der Waals surface area contributed by atoms with Crippen molar-refractivity contribution in [2.24, 2.45) is 4.99 Å². The monoisotopic (exact) mass is 421 g/mol. The smallest absolute Gasteiger partial charge is 0.387 e. The van der Waals surface area contributed by atoms with E-state index in [2.05, 4.69) is 20.4 Å². The minimum absolute atomic E-state index is 0.0198. The van der Waals surface area contributed by atoms with Gasteiger partial charge in [-0.15, -0.1) is 0 Å². The fraction of sp³-hybridized carbons (Fsp3) is 0.381. The van der Waals surface area contributed by atoms with Crippen LogP contribution in [0.25, 0.3) is 0 Å². The maximum atomic E-state index is 12.8. The predicted molar refractivity (Wildman–Crippen MR) is 108 cm³/mol. The first-order valence-electron chi connectivity index (χ1n) is 9.60. The van der Waals surface area contributed by atoms with Gasteiger partial charge in [0.1, 0.15) is 5.75 Å². The molecule has 1 atom stereocenters. The largest absolute Gasteiger partial charge is 0.454 e. The molecule has 0 spiro atoms. The van der Waals surface area contributed by atoms with E-state index in [0.29, 0.717) is 29.6 Å². The van der Waals surface area contributed by atoms with Gasteiger partial charge in [0, 0.05) is 24.7 Å². The van der Waals surface area contributed by atoms with Gasteiger partial charge in [-0.2, -0.15) is 8.78 Å². The lowest BCUT2D eigenvalue weighted by atomic mass is 10.1. The number of guanidine groups is 1. The Morgan fingerprint density at radius 3 is 2.67 bits per heavy atom. The van der Waals surface area contributed by atoms with Crippen molar-refractivity contribution < 1.29 is 28.1 Å². The topological polar surface area (TPSA) is 84.3 Å². The van der Waals surface area contributed by atoms with E-state index in [1.54, 1.807) is 6.07 Å². The first-order valence-corrected chi connectivity index (χ1v) is 9.60. The number of halogens is 2. The summed E-state index contributed by atoms with van der Waals surface area (Å²) in [4.78, 5) is 4.42. The molecule has 9 heteroatoms. The van der Waals surface area contributed by atoms with Gasteiger partial charge in [-0.05, 0) is 25.5 Å². The molecule has 0 aliphatic carbocycles. The van der Waals surface area contributed by atoms with Crippen LogP contribution in [0.5, 0.6) is 17.2 Å². The number of fused-ring (bicyclic) bond motifs is 1. The van der Waals surface area contributed by atoms with Crippen molar-refractivity contribution in [3.8, 4) is 17.2 Å². The van der Waals surface area contributed by atoms with Gasteiger partial charge in [0.15, 0.2) is 17.5 Å². The van der Waals surface area contributed by atoms with E-state index >= 15 is 0 Å². The Labute approximate surface area is 173 Å². The van der Waals surface area contributed by atoms with Crippen molar-refractivity contribution in [1.29, 1.82) is 0 Å². The van der Waals surface area contributed by atoms with E-state index in [1.165, 1.54) is 6.07 Å². The SMILES string of the molecule is CCNC(=NCc1cc2c(cc1OC(F)F)OCO2)NCC(O)c1cccc(C)c1. The number of aliphatic hydroxyl groups is 1. The summed E-state index contributed by atoms with van der Waals surface area (Å²) < 4.78 is 40.7. The number of alkyl halides is 2. The molecule has 0 fully saturated rings. The summed E-state index contributed by atoms with van der Waals surface area (Å²) in [6.45, 7) is 1.81. The van der Waals surface area contributed by atoms with Crippen molar-refractivity contribution in [2.45, 2.75) is 33.1 Å². The summed E-state index contributed by atoms with van der Waals surface area (Å²) in [6.07, 6.45) is -0.725. The Kier molecular flexibility index (Phi) is 7.29. The Morgan fingerprint density at radius 1 is 1.20 bits per heavy atom. The van der Waals surface area contributed by atoms with E-state index < -0.39 is 12.7 Å². The van der Waals surface area contributed by atoms with E-state index in [-0.39, 0.29) is 25.6 Å². The zero-order chi connectivity index (χ0) is 21.5. The van der Waals surface area contributed by atoms with Gasteiger partial charge < -0.3 is 30.0 Å². The van der Waals surface area contributed by atoms with Gasteiger partial charge in [-0.3, -0.25) is 0 Å². The second kappa shape index (κ2) is 10.1. The predicted octanol–water partition coefficient (Wildman–Crippen LogP) is 3.11. The van der Waals surface area contributed by atoms with E-state index in [4.69, 9.17) is 9.47 Å². The van der Waals surface area contributed by atoms with Crippen LogP contribution in [0.3, 0.4) is 0 Å². The van der Waals surface area contributed by atoms with Crippen LogP contribution in [0.15, 0.2) is 41.4 Å². The van der Waals surface area contributed by atoms with Crippen LogP contribution in [0, 0.1) is 6.92 Å². The van der Waals surface area contributed by atoms with E-state index in [9.17, 15) is 13.9 Å². The summed E-state index contributed by atoms with van der Waals surface area (Å²) in [5, 5.41) is 16.5. The molecule has 0 bridgehead atoms. The highest BCUT2D eigenvalue weighted by Gasteiger charge is 2.20. The number of hydrogen-bond acceptors (Lipinski definition) is 5. The number of benzene rings is 2. The van der Waals surface area contributed by atoms with Crippen LogP contribution < -0.4 is 24.8 Å². The standard InChI is InChI=1S/C21H25F2N3O4/c1-3-24-21(26-11-16(27)14-6-4-5-13(2)7-14)25-10-15-8-18-19(29-12-28-18)9-17(15)30-20(22)23/h4-9,16,20,27H,3,10-12H2,1-2H3,(H2,24,25,26). The second-order valence-electron chi connectivity index (χ2n) is 6.70. The van der Waals surface area contributed by atoms with Gasteiger partial charge in [0.2, 0.25) is 6.79 Å². The molecule has 0 saturated carbocycles. The zero-order valence-electron chi connectivity index (χ0n) is 16.8. The van der Waals surface area contributed by atoms with Crippen LogP contribution in [0.2, 0.25) is 0 Å². The highest BCUT2D eigenvalue weighted by atomic mass is 19.3. The van der Waals surface area contributed by atoms with Crippen LogP contribution >= 0.6 is 0 Å². The number of ether oxygens (including phenoxy) is 3. The number of hydrogen-bond donors (Lipinski definition) is 3. The van der Waals surface area contributed by atoms with Gasteiger partial charge in [-0.25, -0.2) is 4.99 Å². The molecule has 1 aliphatic rings. The molecule has 0 radical (unpaired) electrons. The molecule has 1 unspecified atom stereocenters. The van der Waals surface area contributed by atoms with Gasteiger partial charge in [-0.1, -0.05) is 29.8 Å². The molecule has 0 amide bonds.